The third-order valence-electron chi connectivity index (χ3n) is 5.21. The fraction of sp³-hybridized carbons (Fsp3) is 0.364. The molecular formula is C22H24N4O3. The number of carbonyl (C=O) groups excluding carboxylic acids is 1. The Morgan fingerprint density at radius 2 is 2.00 bits per heavy atom. The molecule has 1 N–H and O–H groups in total. The van der Waals surface area contributed by atoms with E-state index in [2.05, 4.69) is 20.4 Å². The van der Waals surface area contributed by atoms with E-state index in [1.807, 2.05) is 43.3 Å². The lowest BCUT2D eigenvalue weighted by Gasteiger charge is -2.19. The van der Waals surface area contributed by atoms with Gasteiger partial charge >= 0.3 is 0 Å². The van der Waals surface area contributed by atoms with Crippen molar-refractivity contribution in [1.82, 2.24) is 20.4 Å². The Labute approximate surface area is 169 Å². The Bertz CT molecular complexity index is 957. The van der Waals surface area contributed by atoms with E-state index in [0.717, 1.165) is 17.5 Å². The molecule has 0 saturated carbocycles. The van der Waals surface area contributed by atoms with E-state index < -0.39 is 0 Å². The number of nitrogens with one attached hydrogen (secondary N) is 1. The van der Waals surface area contributed by atoms with Gasteiger partial charge in [0, 0.05) is 36.7 Å². The molecule has 1 saturated heterocycles. The second-order valence-electron chi connectivity index (χ2n) is 7.36. The van der Waals surface area contributed by atoms with Crippen LogP contribution < -0.4 is 5.32 Å². The van der Waals surface area contributed by atoms with Gasteiger partial charge in [0.1, 0.15) is 0 Å². The summed E-state index contributed by atoms with van der Waals surface area (Å²) in [5, 5.41) is 7.14. The monoisotopic (exact) mass is 392 g/mol. The van der Waals surface area contributed by atoms with Crippen LogP contribution in [0.25, 0.3) is 11.4 Å². The van der Waals surface area contributed by atoms with Gasteiger partial charge in [-0.1, -0.05) is 29.4 Å². The molecule has 4 rings (SSSR count). The van der Waals surface area contributed by atoms with Gasteiger partial charge in [0.05, 0.1) is 19.3 Å². The number of hydrogen-bond donors (Lipinski definition) is 1. The molecule has 0 spiro atoms. The summed E-state index contributed by atoms with van der Waals surface area (Å²) >= 11 is 0. The molecule has 0 radical (unpaired) electrons. The van der Waals surface area contributed by atoms with Crippen molar-refractivity contribution in [2.75, 3.05) is 13.2 Å². The number of amides is 1. The van der Waals surface area contributed by atoms with Crippen molar-refractivity contribution in [3.05, 3.63) is 65.8 Å². The first-order valence-electron chi connectivity index (χ1n) is 9.83. The normalized spacial score (nSPS) is 18.7. The second kappa shape index (κ2) is 8.96. The maximum Gasteiger partial charge on any atom is 0.227 e. The van der Waals surface area contributed by atoms with E-state index >= 15 is 0 Å². The van der Waals surface area contributed by atoms with Crippen molar-refractivity contribution < 1.29 is 14.1 Å². The predicted molar refractivity (Wildman–Crippen MR) is 107 cm³/mol. The van der Waals surface area contributed by atoms with E-state index in [0.29, 0.717) is 37.8 Å². The summed E-state index contributed by atoms with van der Waals surface area (Å²) in [7, 11) is 0. The summed E-state index contributed by atoms with van der Waals surface area (Å²) in [6.45, 7) is 3.20. The first-order chi connectivity index (χ1) is 14.2. The average Bonchev–Trinajstić information content (AvgIpc) is 3.37. The third-order valence-corrected chi connectivity index (χ3v) is 5.21. The summed E-state index contributed by atoms with van der Waals surface area (Å²) in [6, 6.07) is 11.9. The number of rotatable bonds is 7. The lowest BCUT2D eigenvalue weighted by molar-refractivity contribution is -0.122. The molecule has 7 heteroatoms. The Morgan fingerprint density at radius 3 is 2.83 bits per heavy atom. The number of ether oxygens (including phenoxy) is 1. The van der Waals surface area contributed by atoms with Gasteiger partial charge in [-0.3, -0.25) is 9.78 Å². The number of aromatic nitrogens is 3. The highest BCUT2D eigenvalue weighted by molar-refractivity contribution is 5.76. The van der Waals surface area contributed by atoms with Crippen molar-refractivity contribution in [3.8, 4) is 11.4 Å². The summed E-state index contributed by atoms with van der Waals surface area (Å²) in [5.41, 5.74) is 3.22. The lowest BCUT2D eigenvalue weighted by atomic mass is 9.95. The highest BCUT2D eigenvalue weighted by Gasteiger charge is 2.29. The van der Waals surface area contributed by atoms with Gasteiger partial charge in [0.15, 0.2) is 0 Å². The first kappa shape index (κ1) is 19.3. The molecule has 2 aromatic heterocycles. The highest BCUT2D eigenvalue weighted by Crippen LogP contribution is 2.21. The SMILES string of the molecule is Cc1ccccc1-c1noc(CCC(=O)N[C@H]2COC[C@H]2Cc2ccncc2)n1. The summed E-state index contributed by atoms with van der Waals surface area (Å²) < 4.78 is 10.9. The molecule has 2 atom stereocenters. The van der Waals surface area contributed by atoms with E-state index in [9.17, 15) is 4.79 Å². The Morgan fingerprint density at radius 1 is 1.17 bits per heavy atom. The fourth-order valence-corrected chi connectivity index (χ4v) is 3.57. The van der Waals surface area contributed by atoms with Crippen molar-refractivity contribution in [3.63, 3.8) is 0 Å². The molecule has 7 nitrogen and oxygen atoms in total. The summed E-state index contributed by atoms with van der Waals surface area (Å²) in [6.07, 6.45) is 5.14. The molecule has 3 heterocycles. The Kier molecular flexibility index (Phi) is 5.95. The maximum absolute atomic E-state index is 12.4. The summed E-state index contributed by atoms with van der Waals surface area (Å²) in [4.78, 5) is 20.9. The Balaban J connectivity index is 1.29. The average molecular weight is 392 g/mol. The largest absolute Gasteiger partial charge is 0.379 e. The molecule has 3 aromatic rings. The molecule has 0 unspecified atom stereocenters. The van der Waals surface area contributed by atoms with Crippen molar-refractivity contribution in [2.45, 2.75) is 32.2 Å². The predicted octanol–water partition coefficient (Wildman–Crippen LogP) is 2.75. The number of aryl methyl sites for hydroxylation is 2. The third kappa shape index (κ3) is 4.86. The maximum atomic E-state index is 12.4. The van der Waals surface area contributed by atoms with Crippen LogP contribution >= 0.6 is 0 Å². The van der Waals surface area contributed by atoms with E-state index in [1.165, 1.54) is 5.56 Å². The summed E-state index contributed by atoms with van der Waals surface area (Å²) in [5.74, 6) is 1.25. The fourth-order valence-electron chi connectivity index (χ4n) is 3.57. The Hall–Kier alpha value is -3.06. The van der Waals surface area contributed by atoms with Gasteiger partial charge in [-0.25, -0.2) is 0 Å². The topological polar surface area (TPSA) is 90.1 Å². The van der Waals surface area contributed by atoms with Gasteiger partial charge in [-0.05, 0) is 36.6 Å². The van der Waals surface area contributed by atoms with Crippen LogP contribution in [0.1, 0.15) is 23.4 Å². The second-order valence-corrected chi connectivity index (χ2v) is 7.36. The number of carbonyl (C=O) groups is 1. The molecule has 150 valence electrons. The van der Waals surface area contributed by atoms with Crippen LogP contribution in [0, 0.1) is 12.8 Å². The quantitative estimate of drug-likeness (QED) is 0.665. The number of nitrogens with zero attached hydrogens (tertiary/aromatic N) is 3. The molecule has 0 bridgehead atoms. The minimum atomic E-state index is -0.0316. The van der Waals surface area contributed by atoms with Crippen LogP contribution in [-0.2, 0) is 22.4 Å². The van der Waals surface area contributed by atoms with E-state index in [4.69, 9.17) is 9.26 Å². The van der Waals surface area contributed by atoms with Crippen LogP contribution in [-0.4, -0.2) is 40.3 Å². The minimum Gasteiger partial charge on any atom is -0.379 e. The van der Waals surface area contributed by atoms with Crippen molar-refractivity contribution in [2.24, 2.45) is 5.92 Å². The molecule has 0 aliphatic carbocycles. The zero-order chi connectivity index (χ0) is 20.1. The molecule has 1 amide bonds. The van der Waals surface area contributed by atoms with Crippen LogP contribution in [0.3, 0.4) is 0 Å². The van der Waals surface area contributed by atoms with Gasteiger partial charge in [-0.15, -0.1) is 0 Å². The van der Waals surface area contributed by atoms with Gasteiger partial charge in [-0.2, -0.15) is 4.98 Å². The van der Waals surface area contributed by atoms with E-state index in [1.54, 1.807) is 12.4 Å². The van der Waals surface area contributed by atoms with Gasteiger partial charge in [0.25, 0.3) is 0 Å². The lowest BCUT2D eigenvalue weighted by Crippen LogP contribution is -2.40. The number of hydrogen-bond acceptors (Lipinski definition) is 6. The molecule has 29 heavy (non-hydrogen) atoms. The minimum absolute atomic E-state index is 0.0147. The van der Waals surface area contributed by atoms with Crippen LogP contribution in [0.2, 0.25) is 0 Å². The zero-order valence-electron chi connectivity index (χ0n) is 16.4. The van der Waals surface area contributed by atoms with Crippen LogP contribution in [0.4, 0.5) is 0 Å². The number of pyridine rings is 1. The molecule has 1 aromatic carbocycles. The van der Waals surface area contributed by atoms with Crippen LogP contribution in [0.15, 0.2) is 53.3 Å². The molecular weight excluding hydrogens is 368 g/mol. The van der Waals surface area contributed by atoms with Gasteiger partial charge < -0.3 is 14.6 Å². The first-order valence-corrected chi connectivity index (χ1v) is 9.83. The van der Waals surface area contributed by atoms with E-state index in [-0.39, 0.29) is 17.9 Å². The molecule has 1 aliphatic heterocycles. The molecule has 1 aliphatic rings. The van der Waals surface area contributed by atoms with Gasteiger partial charge in [0.2, 0.25) is 17.6 Å². The van der Waals surface area contributed by atoms with Crippen molar-refractivity contribution >= 4 is 5.91 Å². The smallest absolute Gasteiger partial charge is 0.227 e. The highest BCUT2D eigenvalue weighted by atomic mass is 16.5. The van der Waals surface area contributed by atoms with Crippen LogP contribution in [0.5, 0.6) is 0 Å². The number of benzene rings is 1. The standard InChI is InChI=1S/C22H24N4O3/c1-15-4-2-3-5-18(15)22-25-21(29-26-22)7-6-20(27)24-19-14-28-13-17(19)12-16-8-10-23-11-9-16/h2-5,8-11,17,19H,6-7,12-14H2,1H3,(H,24,27)/t17-,19+/m1/s1. The molecule has 1 fully saturated rings. The van der Waals surface area contributed by atoms with Crippen molar-refractivity contribution in [1.29, 1.82) is 0 Å². The zero-order valence-corrected chi connectivity index (χ0v) is 16.4.